The van der Waals surface area contributed by atoms with Crippen LogP contribution in [0, 0.1) is 0 Å². The number of benzene rings is 3. The Balaban J connectivity index is 1.91. The highest BCUT2D eigenvalue weighted by molar-refractivity contribution is 6.46. The molecule has 0 aliphatic carbocycles. The number of carbonyl (C=O) groups excluding carboxylic acids is 2. The van der Waals surface area contributed by atoms with Crippen molar-refractivity contribution in [3.8, 4) is 5.75 Å². The molecule has 3 aromatic carbocycles. The molecule has 1 aliphatic rings. The van der Waals surface area contributed by atoms with E-state index in [1.807, 2.05) is 55.5 Å². The fourth-order valence-electron chi connectivity index (χ4n) is 4.15. The second-order valence-corrected chi connectivity index (χ2v) is 7.65. The average molecular weight is 415 g/mol. The first-order valence-electron chi connectivity index (χ1n) is 10.5. The number of Topliss-reactive ketones (excluding diaryl/α,β-unsaturated/α-hetero) is 1. The standard InChI is InChI=1S/C26H25NO4/c1-3-4-16-27-23(18-12-14-19(31-2)15-13-18)22(25(29)26(27)30)24(28)21-11-7-9-17-8-5-6-10-20(17)21/h5-15,23,28H,3-4,16H2,1-2H3/b24-22-. The van der Waals surface area contributed by atoms with Gasteiger partial charge in [-0.2, -0.15) is 0 Å². The zero-order valence-electron chi connectivity index (χ0n) is 17.7. The number of aliphatic hydroxyl groups excluding tert-OH is 1. The van der Waals surface area contributed by atoms with Crippen molar-refractivity contribution in [1.29, 1.82) is 0 Å². The number of nitrogens with zero attached hydrogens (tertiary/aromatic N) is 1. The predicted molar refractivity (Wildman–Crippen MR) is 121 cm³/mol. The highest BCUT2D eigenvalue weighted by Gasteiger charge is 2.45. The van der Waals surface area contributed by atoms with Crippen LogP contribution in [-0.4, -0.2) is 35.4 Å². The summed E-state index contributed by atoms with van der Waals surface area (Å²) in [5, 5.41) is 13.1. The van der Waals surface area contributed by atoms with Gasteiger partial charge in [0, 0.05) is 12.1 Å². The molecule has 1 atom stereocenters. The molecule has 0 aromatic heterocycles. The zero-order chi connectivity index (χ0) is 22.0. The molecule has 5 nitrogen and oxygen atoms in total. The quantitative estimate of drug-likeness (QED) is 0.347. The highest BCUT2D eigenvalue weighted by atomic mass is 16.5. The van der Waals surface area contributed by atoms with Crippen molar-refractivity contribution in [2.45, 2.75) is 25.8 Å². The third kappa shape index (κ3) is 3.67. The van der Waals surface area contributed by atoms with Gasteiger partial charge in [-0.25, -0.2) is 0 Å². The molecule has 1 heterocycles. The van der Waals surface area contributed by atoms with Crippen LogP contribution in [-0.2, 0) is 9.59 Å². The summed E-state index contributed by atoms with van der Waals surface area (Å²) in [6, 6.07) is 19.9. The van der Waals surface area contributed by atoms with Crippen LogP contribution >= 0.6 is 0 Å². The number of fused-ring (bicyclic) bond motifs is 1. The lowest BCUT2D eigenvalue weighted by molar-refractivity contribution is -0.139. The molecule has 1 saturated heterocycles. The summed E-state index contributed by atoms with van der Waals surface area (Å²) in [5.74, 6) is -0.684. The van der Waals surface area contributed by atoms with Crippen LogP contribution in [0.5, 0.6) is 5.75 Å². The molecule has 0 bridgehead atoms. The van der Waals surface area contributed by atoms with E-state index in [2.05, 4.69) is 0 Å². The number of hydrogen-bond acceptors (Lipinski definition) is 4. The first-order chi connectivity index (χ1) is 15.1. The fraction of sp³-hybridized carbons (Fsp3) is 0.231. The maximum Gasteiger partial charge on any atom is 0.295 e. The van der Waals surface area contributed by atoms with Gasteiger partial charge in [0.1, 0.15) is 11.5 Å². The minimum absolute atomic E-state index is 0.127. The Morgan fingerprint density at radius 3 is 2.42 bits per heavy atom. The third-order valence-corrected chi connectivity index (χ3v) is 5.77. The topological polar surface area (TPSA) is 66.8 Å². The minimum atomic E-state index is -0.651. The predicted octanol–water partition coefficient (Wildman–Crippen LogP) is 5.07. The van der Waals surface area contributed by atoms with E-state index in [0.717, 1.165) is 29.2 Å². The van der Waals surface area contributed by atoms with Crippen molar-refractivity contribution in [3.63, 3.8) is 0 Å². The van der Waals surface area contributed by atoms with Gasteiger partial charge in [0.15, 0.2) is 0 Å². The lowest BCUT2D eigenvalue weighted by atomic mass is 9.93. The Morgan fingerprint density at radius 2 is 1.71 bits per heavy atom. The summed E-state index contributed by atoms with van der Waals surface area (Å²) < 4.78 is 5.25. The van der Waals surface area contributed by atoms with Gasteiger partial charge in [0.05, 0.1) is 18.7 Å². The summed E-state index contributed by atoms with van der Waals surface area (Å²) in [7, 11) is 1.59. The van der Waals surface area contributed by atoms with Crippen molar-refractivity contribution >= 4 is 28.2 Å². The van der Waals surface area contributed by atoms with E-state index in [9.17, 15) is 14.7 Å². The minimum Gasteiger partial charge on any atom is -0.507 e. The zero-order valence-corrected chi connectivity index (χ0v) is 17.7. The van der Waals surface area contributed by atoms with Crippen molar-refractivity contribution in [2.75, 3.05) is 13.7 Å². The largest absolute Gasteiger partial charge is 0.507 e. The van der Waals surface area contributed by atoms with Crippen molar-refractivity contribution in [1.82, 2.24) is 4.90 Å². The molecule has 0 spiro atoms. The molecule has 1 aliphatic heterocycles. The first kappa shape index (κ1) is 20.7. The summed E-state index contributed by atoms with van der Waals surface area (Å²) in [6.07, 6.45) is 1.66. The van der Waals surface area contributed by atoms with Gasteiger partial charge >= 0.3 is 0 Å². The highest BCUT2D eigenvalue weighted by Crippen LogP contribution is 2.41. The second-order valence-electron chi connectivity index (χ2n) is 7.65. The van der Waals surface area contributed by atoms with E-state index in [4.69, 9.17) is 4.74 Å². The van der Waals surface area contributed by atoms with E-state index in [1.165, 1.54) is 0 Å². The molecular weight excluding hydrogens is 390 g/mol. The number of unbranched alkanes of at least 4 members (excludes halogenated alkanes) is 1. The molecule has 5 heteroatoms. The van der Waals surface area contributed by atoms with Crippen LogP contribution in [0.2, 0.25) is 0 Å². The number of amides is 1. The van der Waals surface area contributed by atoms with Gasteiger partial charge in [0.25, 0.3) is 11.7 Å². The molecule has 1 fully saturated rings. The molecule has 0 radical (unpaired) electrons. The Bertz CT molecular complexity index is 1160. The third-order valence-electron chi connectivity index (χ3n) is 5.77. The Kier molecular flexibility index (Phi) is 5.76. The summed E-state index contributed by atoms with van der Waals surface area (Å²) in [4.78, 5) is 27.6. The van der Waals surface area contributed by atoms with E-state index in [0.29, 0.717) is 17.9 Å². The molecule has 1 unspecified atom stereocenters. The Labute approximate surface area is 181 Å². The first-order valence-corrected chi connectivity index (χ1v) is 10.5. The van der Waals surface area contributed by atoms with Gasteiger partial charge in [-0.15, -0.1) is 0 Å². The molecule has 4 rings (SSSR count). The molecule has 31 heavy (non-hydrogen) atoms. The molecule has 1 N–H and O–H groups in total. The van der Waals surface area contributed by atoms with E-state index < -0.39 is 17.7 Å². The number of ketones is 1. The van der Waals surface area contributed by atoms with Gasteiger partial charge in [-0.1, -0.05) is 67.9 Å². The number of methoxy groups -OCH3 is 1. The number of carbonyl (C=O) groups is 2. The smallest absolute Gasteiger partial charge is 0.295 e. The maximum absolute atomic E-state index is 13.1. The summed E-state index contributed by atoms with van der Waals surface area (Å²) in [6.45, 7) is 2.49. The van der Waals surface area contributed by atoms with Gasteiger partial charge in [0.2, 0.25) is 0 Å². The summed E-state index contributed by atoms with van der Waals surface area (Å²) >= 11 is 0. The van der Waals surface area contributed by atoms with Gasteiger partial charge in [-0.3, -0.25) is 9.59 Å². The van der Waals surface area contributed by atoms with Crippen molar-refractivity contribution in [3.05, 3.63) is 83.4 Å². The number of rotatable bonds is 6. The monoisotopic (exact) mass is 415 g/mol. The van der Waals surface area contributed by atoms with Gasteiger partial charge in [-0.05, 0) is 34.9 Å². The van der Waals surface area contributed by atoms with Crippen LogP contribution in [0.4, 0.5) is 0 Å². The SMILES string of the molecule is CCCCN1C(=O)C(=O)/C(=C(\O)c2cccc3ccccc23)C1c1ccc(OC)cc1. The van der Waals surface area contributed by atoms with E-state index in [1.54, 1.807) is 30.2 Å². The number of aliphatic hydroxyl groups is 1. The van der Waals surface area contributed by atoms with Crippen LogP contribution in [0.15, 0.2) is 72.3 Å². The Morgan fingerprint density at radius 1 is 1.00 bits per heavy atom. The number of ether oxygens (including phenoxy) is 1. The lowest BCUT2D eigenvalue weighted by Gasteiger charge is -2.25. The van der Waals surface area contributed by atoms with E-state index >= 15 is 0 Å². The van der Waals surface area contributed by atoms with Crippen molar-refractivity contribution in [2.24, 2.45) is 0 Å². The van der Waals surface area contributed by atoms with Crippen LogP contribution < -0.4 is 4.74 Å². The van der Waals surface area contributed by atoms with Crippen LogP contribution in [0.1, 0.15) is 36.9 Å². The molecular formula is C26H25NO4. The fourth-order valence-corrected chi connectivity index (χ4v) is 4.15. The van der Waals surface area contributed by atoms with Crippen LogP contribution in [0.3, 0.4) is 0 Å². The maximum atomic E-state index is 13.1. The molecule has 158 valence electrons. The van der Waals surface area contributed by atoms with Crippen LogP contribution in [0.25, 0.3) is 16.5 Å². The average Bonchev–Trinajstić information content (AvgIpc) is 3.06. The van der Waals surface area contributed by atoms with Gasteiger partial charge < -0.3 is 14.7 Å². The van der Waals surface area contributed by atoms with Crippen molar-refractivity contribution < 1.29 is 19.4 Å². The Hall–Kier alpha value is -3.60. The second kappa shape index (κ2) is 8.64. The number of likely N-dealkylation sites (tertiary alicyclic amines) is 1. The number of hydrogen-bond donors (Lipinski definition) is 1. The molecule has 0 saturated carbocycles. The normalized spacial score (nSPS) is 18.0. The molecule has 3 aromatic rings. The lowest BCUT2D eigenvalue weighted by Crippen LogP contribution is -2.30. The summed E-state index contributed by atoms with van der Waals surface area (Å²) in [5.41, 5.74) is 1.44. The van der Waals surface area contributed by atoms with E-state index in [-0.39, 0.29) is 11.3 Å². The molecule has 1 amide bonds.